The lowest BCUT2D eigenvalue weighted by Crippen LogP contribution is -2.01. The van der Waals surface area contributed by atoms with Crippen LogP contribution in [-0.2, 0) is 0 Å². The smallest absolute Gasteiger partial charge is 0.312 e. The van der Waals surface area contributed by atoms with E-state index in [-0.39, 0.29) is 16.7 Å². The molecule has 0 unspecified atom stereocenters. The standard InChI is InChI=1S/C12H10ClN3O2/c1-8-7-10(16(17)18)12(15-11(8)13)14-9-5-3-2-4-6-9/h2-7H,1H3,(H,14,15). The predicted octanol–water partition coefficient (Wildman–Crippen LogP) is 3.70. The Labute approximate surface area is 109 Å². The van der Waals surface area contributed by atoms with Gasteiger partial charge in [0.2, 0.25) is 5.82 Å². The molecule has 0 radical (unpaired) electrons. The zero-order valence-corrected chi connectivity index (χ0v) is 10.3. The molecule has 2 rings (SSSR count). The summed E-state index contributed by atoms with van der Waals surface area (Å²) < 4.78 is 0. The second-order valence-corrected chi connectivity index (χ2v) is 4.07. The van der Waals surface area contributed by atoms with E-state index in [0.29, 0.717) is 11.3 Å². The molecular formula is C12H10ClN3O2. The highest BCUT2D eigenvalue weighted by molar-refractivity contribution is 6.30. The largest absolute Gasteiger partial charge is 0.334 e. The molecule has 0 aliphatic carbocycles. The van der Waals surface area contributed by atoms with Gasteiger partial charge in [-0.3, -0.25) is 10.1 Å². The number of hydrogen-bond acceptors (Lipinski definition) is 4. The number of aromatic nitrogens is 1. The molecular weight excluding hydrogens is 254 g/mol. The Bertz CT molecular complexity index is 587. The van der Waals surface area contributed by atoms with Crippen molar-refractivity contribution in [1.29, 1.82) is 0 Å². The summed E-state index contributed by atoms with van der Waals surface area (Å²) in [6.07, 6.45) is 0. The fraction of sp³-hybridized carbons (Fsp3) is 0.0833. The Morgan fingerprint density at radius 1 is 1.33 bits per heavy atom. The van der Waals surface area contributed by atoms with Gasteiger partial charge in [-0.25, -0.2) is 4.98 Å². The number of benzene rings is 1. The Balaban J connectivity index is 2.43. The Morgan fingerprint density at radius 2 is 2.00 bits per heavy atom. The molecule has 0 saturated carbocycles. The molecule has 5 nitrogen and oxygen atoms in total. The van der Waals surface area contributed by atoms with Crippen LogP contribution in [0, 0.1) is 17.0 Å². The summed E-state index contributed by atoms with van der Waals surface area (Å²) in [6.45, 7) is 1.68. The maximum absolute atomic E-state index is 11.0. The van der Waals surface area contributed by atoms with Crippen molar-refractivity contribution in [3.63, 3.8) is 0 Å². The van der Waals surface area contributed by atoms with Crippen molar-refractivity contribution in [1.82, 2.24) is 4.98 Å². The summed E-state index contributed by atoms with van der Waals surface area (Å²) in [5.41, 5.74) is 1.19. The first-order valence-electron chi connectivity index (χ1n) is 5.21. The first kappa shape index (κ1) is 12.3. The van der Waals surface area contributed by atoms with Crippen LogP contribution in [-0.4, -0.2) is 9.91 Å². The van der Waals surface area contributed by atoms with Gasteiger partial charge in [-0.2, -0.15) is 0 Å². The minimum atomic E-state index is -0.485. The normalized spacial score (nSPS) is 10.1. The van der Waals surface area contributed by atoms with Gasteiger partial charge < -0.3 is 5.32 Å². The first-order chi connectivity index (χ1) is 8.58. The van der Waals surface area contributed by atoms with Crippen LogP contribution in [0.3, 0.4) is 0 Å². The number of rotatable bonds is 3. The highest BCUT2D eigenvalue weighted by atomic mass is 35.5. The van der Waals surface area contributed by atoms with Gasteiger partial charge in [0.05, 0.1) is 4.92 Å². The van der Waals surface area contributed by atoms with E-state index in [1.165, 1.54) is 6.07 Å². The summed E-state index contributed by atoms with van der Waals surface area (Å²) in [7, 11) is 0. The van der Waals surface area contributed by atoms with Gasteiger partial charge in [-0.05, 0) is 24.6 Å². The minimum absolute atomic E-state index is 0.0965. The summed E-state index contributed by atoms with van der Waals surface area (Å²) in [5, 5.41) is 14.1. The molecule has 0 bridgehead atoms. The molecule has 0 fully saturated rings. The molecule has 0 aliphatic rings. The van der Waals surface area contributed by atoms with E-state index in [2.05, 4.69) is 10.3 Å². The van der Waals surface area contributed by atoms with E-state index in [1.54, 1.807) is 19.1 Å². The van der Waals surface area contributed by atoms with Crippen LogP contribution in [0.4, 0.5) is 17.2 Å². The third-order valence-electron chi connectivity index (χ3n) is 2.36. The van der Waals surface area contributed by atoms with Gasteiger partial charge in [0.15, 0.2) is 0 Å². The lowest BCUT2D eigenvalue weighted by molar-refractivity contribution is -0.384. The van der Waals surface area contributed by atoms with E-state index in [0.717, 1.165) is 0 Å². The molecule has 1 heterocycles. The average Bonchev–Trinajstić information content (AvgIpc) is 2.34. The van der Waals surface area contributed by atoms with E-state index >= 15 is 0 Å². The van der Waals surface area contributed by atoms with E-state index in [9.17, 15) is 10.1 Å². The maximum Gasteiger partial charge on any atom is 0.312 e. The van der Waals surface area contributed by atoms with Gasteiger partial charge in [0.25, 0.3) is 0 Å². The van der Waals surface area contributed by atoms with Crippen molar-refractivity contribution in [2.24, 2.45) is 0 Å². The number of para-hydroxylation sites is 1. The molecule has 92 valence electrons. The molecule has 6 heteroatoms. The van der Waals surface area contributed by atoms with Crippen molar-refractivity contribution in [3.8, 4) is 0 Å². The number of halogens is 1. The molecule has 0 spiro atoms. The quantitative estimate of drug-likeness (QED) is 0.521. The fourth-order valence-electron chi connectivity index (χ4n) is 1.47. The van der Waals surface area contributed by atoms with E-state index in [1.807, 2.05) is 18.2 Å². The van der Waals surface area contributed by atoms with Crippen LogP contribution in [0.5, 0.6) is 0 Å². The number of nitrogens with zero attached hydrogens (tertiary/aromatic N) is 2. The topological polar surface area (TPSA) is 68.1 Å². The minimum Gasteiger partial charge on any atom is -0.334 e. The second-order valence-electron chi connectivity index (χ2n) is 3.71. The van der Waals surface area contributed by atoms with Gasteiger partial charge in [0.1, 0.15) is 5.15 Å². The van der Waals surface area contributed by atoms with Gasteiger partial charge in [0, 0.05) is 11.8 Å². The van der Waals surface area contributed by atoms with Crippen LogP contribution >= 0.6 is 11.6 Å². The Morgan fingerprint density at radius 3 is 2.61 bits per heavy atom. The SMILES string of the molecule is Cc1cc([N+](=O)[O-])c(Nc2ccccc2)nc1Cl. The van der Waals surface area contributed by atoms with Crippen LogP contribution in [0.25, 0.3) is 0 Å². The highest BCUT2D eigenvalue weighted by Gasteiger charge is 2.17. The fourth-order valence-corrected chi connectivity index (χ4v) is 1.61. The average molecular weight is 264 g/mol. The van der Waals surface area contributed by atoms with Crippen LogP contribution in [0.15, 0.2) is 36.4 Å². The number of hydrogen-bond donors (Lipinski definition) is 1. The van der Waals surface area contributed by atoms with Crippen LogP contribution < -0.4 is 5.32 Å². The third kappa shape index (κ3) is 2.57. The number of nitro groups is 1. The molecule has 2 aromatic rings. The molecule has 0 aliphatic heterocycles. The summed E-state index contributed by atoms with van der Waals surface area (Å²) in [4.78, 5) is 14.5. The monoisotopic (exact) mass is 263 g/mol. The second kappa shape index (κ2) is 5.01. The summed E-state index contributed by atoms with van der Waals surface area (Å²) in [5.74, 6) is 0.141. The molecule has 1 N–H and O–H groups in total. The van der Waals surface area contributed by atoms with Crippen molar-refractivity contribution in [3.05, 3.63) is 57.2 Å². The zero-order chi connectivity index (χ0) is 13.1. The van der Waals surface area contributed by atoms with Gasteiger partial charge in [-0.1, -0.05) is 29.8 Å². The maximum atomic E-state index is 11.0. The predicted molar refractivity (Wildman–Crippen MR) is 70.4 cm³/mol. The summed E-state index contributed by atoms with van der Waals surface area (Å²) in [6, 6.07) is 10.5. The van der Waals surface area contributed by atoms with Crippen molar-refractivity contribution in [2.75, 3.05) is 5.32 Å². The van der Waals surface area contributed by atoms with Crippen LogP contribution in [0.1, 0.15) is 5.56 Å². The zero-order valence-electron chi connectivity index (χ0n) is 9.55. The van der Waals surface area contributed by atoms with E-state index < -0.39 is 4.92 Å². The lowest BCUT2D eigenvalue weighted by Gasteiger charge is -2.07. The third-order valence-corrected chi connectivity index (χ3v) is 2.75. The molecule has 1 aromatic heterocycles. The number of nitrogens with one attached hydrogen (secondary N) is 1. The molecule has 0 atom stereocenters. The van der Waals surface area contributed by atoms with E-state index in [4.69, 9.17) is 11.6 Å². The number of aryl methyl sites for hydroxylation is 1. The van der Waals surface area contributed by atoms with Crippen molar-refractivity contribution < 1.29 is 4.92 Å². The Kier molecular flexibility index (Phi) is 3.43. The van der Waals surface area contributed by atoms with Crippen molar-refractivity contribution >= 4 is 28.8 Å². The summed E-state index contributed by atoms with van der Waals surface area (Å²) >= 11 is 5.88. The first-order valence-corrected chi connectivity index (χ1v) is 5.59. The van der Waals surface area contributed by atoms with Gasteiger partial charge in [-0.15, -0.1) is 0 Å². The number of anilines is 2. The highest BCUT2D eigenvalue weighted by Crippen LogP contribution is 2.29. The lowest BCUT2D eigenvalue weighted by atomic mass is 10.2. The molecule has 1 aromatic carbocycles. The van der Waals surface area contributed by atoms with Gasteiger partial charge >= 0.3 is 5.69 Å². The molecule has 18 heavy (non-hydrogen) atoms. The van der Waals surface area contributed by atoms with Crippen molar-refractivity contribution in [2.45, 2.75) is 6.92 Å². The molecule has 0 amide bonds. The van der Waals surface area contributed by atoms with Crippen LogP contribution in [0.2, 0.25) is 5.15 Å². The number of pyridine rings is 1. The molecule has 0 saturated heterocycles. The Hall–Kier alpha value is -2.14.